The van der Waals surface area contributed by atoms with Crippen LogP contribution in [0.5, 0.6) is 0 Å². The Balaban J connectivity index is 2.88. The quantitative estimate of drug-likeness (QED) is 0.751. The third kappa shape index (κ3) is 4.49. The molecular formula is C15H25N3. The van der Waals surface area contributed by atoms with Gasteiger partial charge in [-0.2, -0.15) is 0 Å². The number of nitrogens with zero attached hydrogens (tertiary/aromatic N) is 2. The predicted molar refractivity (Wildman–Crippen MR) is 78.9 cm³/mol. The third-order valence-corrected chi connectivity index (χ3v) is 2.76. The van der Waals surface area contributed by atoms with Gasteiger partial charge in [0, 0.05) is 49.3 Å². The standard InChI is InChI=1S/C15H25N3/c1-6-18(11-12(2)3)15-7-8-16-9-14(15)10-17-13(4)5/h7-9,13,17H,2,6,10-11H2,1,3-5H3. The summed E-state index contributed by atoms with van der Waals surface area (Å²) in [5.74, 6) is 0. The van der Waals surface area contributed by atoms with Gasteiger partial charge in [-0.25, -0.2) is 0 Å². The molecule has 0 fully saturated rings. The van der Waals surface area contributed by atoms with Crippen molar-refractivity contribution in [2.24, 2.45) is 0 Å². The molecule has 0 bridgehead atoms. The SMILES string of the molecule is C=C(C)CN(CC)c1ccncc1CNC(C)C. The molecule has 1 aromatic rings. The van der Waals surface area contributed by atoms with Gasteiger partial charge in [0.15, 0.2) is 0 Å². The highest BCUT2D eigenvalue weighted by Gasteiger charge is 2.10. The van der Waals surface area contributed by atoms with Crippen LogP contribution >= 0.6 is 0 Å². The second kappa shape index (κ2) is 7.17. The molecular weight excluding hydrogens is 222 g/mol. The first-order chi connectivity index (χ1) is 8.54. The summed E-state index contributed by atoms with van der Waals surface area (Å²) in [4.78, 5) is 6.56. The van der Waals surface area contributed by atoms with Gasteiger partial charge in [0.1, 0.15) is 0 Å². The number of rotatable bonds is 7. The van der Waals surface area contributed by atoms with Gasteiger partial charge >= 0.3 is 0 Å². The van der Waals surface area contributed by atoms with Gasteiger partial charge in [-0.3, -0.25) is 4.98 Å². The van der Waals surface area contributed by atoms with Crippen LogP contribution in [0.4, 0.5) is 5.69 Å². The van der Waals surface area contributed by atoms with Crippen LogP contribution in [0.25, 0.3) is 0 Å². The summed E-state index contributed by atoms with van der Waals surface area (Å²) in [5, 5.41) is 3.45. The highest BCUT2D eigenvalue weighted by Crippen LogP contribution is 2.20. The summed E-state index contributed by atoms with van der Waals surface area (Å²) < 4.78 is 0. The van der Waals surface area contributed by atoms with Gasteiger partial charge in [0.2, 0.25) is 0 Å². The average Bonchev–Trinajstić information content (AvgIpc) is 2.33. The highest BCUT2D eigenvalue weighted by atomic mass is 15.1. The summed E-state index contributed by atoms with van der Waals surface area (Å²) >= 11 is 0. The van der Waals surface area contributed by atoms with E-state index in [-0.39, 0.29) is 0 Å². The maximum absolute atomic E-state index is 4.23. The molecule has 1 heterocycles. The fourth-order valence-corrected chi connectivity index (χ4v) is 1.87. The minimum Gasteiger partial charge on any atom is -0.367 e. The Morgan fingerprint density at radius 3 is 2.78 bits per heavy atom. The van der Waals surface area contributed by atoms with Crippen LogP contribution in [0.15, 0.2) is 30.6 Å². The molecule has 0 saturated heterocycles. The lowest BCUT2D eigenvalue weighted by Gasteiger charge is -2.26. The van der Waals surface area contributed by atoms with Gasteiger partial charge < -0.3 is 10.2 Å². The van der Waals surface area contributed by atoms with E-state index in [1.54, 1.807) is 0 Å². The second-order valence-electron chi connectivity index (χ2n) is 5.01. The van der Waals surface area contributed by atoms with E-state index in [1.165, 1.54) is 16.8 Å². The van der Waals surface area contributed by atoms with Crippen molar-refractivity contribution in [1.82, 2.24) is 10.3 Å². The van der Waals surface area contributed by atoms with Crippen molar-refractivity contribution in [2.75, 3.05) is 18.0 Å². The van der Waals surface area contributed by atoms with E-state index in [1.807, 2.05) is 12.4 Å². The molecule has 0 unspecified atom stereocenters. The first kappa shape index (κ1) is 14.7. The number of likely N-dealkylation sites (N-methyl/N-ethyl adjacent to an activating group) is 1. The van der Waals surface area contributed by atoms with Crippen molar-refractivity contribution in [3.05, 3.63) is 36.2 Å². The Morgan fingerprint density at radius 1 is 1.50 bits per heavy atom. The van der Waals surface area contributed by atoms with Crippen molar-refractivity contribution in [3.63, 3.8) is 0 Å². The van der Waals surface area contributed by atoms with Crippen LogP contribution in [0, 0.1) is 0 Å². The fourth-order valence-electron chi connectivity index (χ4n) is 1.87. The van der Waals surface area contributed by atoms with Crippen molar-refractivity contribution >= 4 is 5.69 Å². The molecule has 0 saturated carbocycles. The monoisotopic (exact) mass is 247 g/mol. The molecule has 0 aliphatic carbocycles. The minimum atomic E-state index is 0.481. The molecule has 3 nitrogen and oxygen atoms in total. The number of hydrogen-bond acceptors (Lipinski definition) is 3. The fraction of sp³-hybridized carbons (Fsp3) is 0.533. The summed E-state index contributed by atoms with van der Waals surface area (Å²) in [6, 6.07) is 2.57. The lowest BCUT2D eigenvalue weighted by atomic mass is 10.2. The van der Waals surface area contributed by atoms with E-state index >= 15 is 0 Å². The molecule has 1 aromatic heterocycles. The van der Waals surface area contributed by atoms with E-state index in [2.05, 4.69) is 55.5 Å². The summed E-state index contributed by atoms with van der Waals surface area (Å²) in [7, 11) is 0. The molecule has 100 valence electrons. The van der Waals surface area contributed by atoms with E-state index < -0.39 is 0 Å². The molecule has 0 aromatic carbocycles. The zero-order valence-electron chi connectivity index (χ0n) is 12.0. The van der Waals surface area contributed by atoms with Crippen LogP contribution in [-0.4, -0.2) is 24.1 Å². The van der Waals surface area contributed by atoms with Crippen LogP contribution < -0.4 is 10.2 Å². The Kier molecular flexibility index (Phi) is 5.86. The molecule has 3 heteroatoms. The van der Waals surface area contributed by atoms with Gasteiger partial charge in [0.05, 0.1) is 0 Å². The maximum Gasteiger partial charge on any atom is 0.0445 e. The van der Waals surface area contributed by atoms with Gasteiger partial charge in [-0.15, -0.1) is 0 Å². The lowest BCUT2D eigenvalue weighted by Crippen LogP contribution is -2.28. The topological polar surface area (TPSA) is 28.2 Å². The highest BCUT2D eigenvalue weighted by molar-refractivity contribution is 5.53. The van der Waals surface area contributed by atoms with E-state index in [4.69, 9.17) is 0 Å². The number of pyridine rings is 1. The third-order valence-electron chi connectivity index (χ3n) is 2.76. The van der Waals surface area contributed by atoms with Gasteiger partial charge in [0.25, 0.3) is 0 Å². The van der Waals surface area contributed by atoms with Crippen molar-refractivity contribution < 1.29 is 0 Å². The molecule has 0 aliphatic heterocycles. The zero-order chi connectivity index (χ0) is 13.5. The van der Waals surface area contributed by atoms with E-state index in [0.717, 1.165) is 19.6 Å². The average molecular weight is 247 g/mol. The van der Waals surface area contributed by atoms with E-state index in [9.17, 15) is 0 Å². The van der Waals surface area contributed by atoms with Crippen molar-refractivity contribution in [2.45, 2.75) is 40.3 Å². The Bertz CT molecular complexity index is 385. The summed E-state index contributed by atoms with van der Waals surface area (Å²) in [6.45, 7) is 15.3. The van der Waals surface area contributed by atoms with Gasteiger partial charge in [-0.05, 0) is 19.9 Å². The number of nitrogens with one attached hydrogen (secondary N) is 1. The first-order valence-corrected chi connectivity index (χ1v) is 6.60. The van der Waals surface area contributed by atoms with Crippen LogP contribution in [0.1, 0.15) is 33.3 Å². The van der Waals surface area contributed by atoms with Crippen LogP contribution in [0.2, 0.25) is 0 Å². The number of aromatic nitrogens is 1. The summed E-state index contributed by atoms with van der Waals surface area (Å²) in [5.41, 5.74) is 3.68. The Labute approximate surface area is 111 Å². The molecule has 0 spiro atoms. The molecule has 0 atom stereocenters. The largest absolute Gasteiger partial charge is 0.367 e. The van der Waals surface area contributed by atoms with Crippen LogP contribution in [-0.2, 0) is 6.54 Å². The maximum atomic E-state index is 4.23. The predicted octanol–water partition coefficient (Wildman–Crippen LogP) is 2.98. The Morgan fingerprint density at radius 2 is 2.22 bits per heavy atom. The number of anilines is 1. The van der Waals surface area contributed by atoms with Crippen molar-refractivity contribution in [1.29, 1.82) is 0 Å². The summed E-state index contributed by atoms with van der Waals surface area (Å²) in [6.07, 6.45) is 3.81. The minimum absolute atomic E-state index is 0.481. The first-order valence-electron chi connectivity index (χ1n) is 6.60. The normalized spacial score (nSPS) is 10.7. The molecule has 0 aliphatic rings. The van der Waals surface area contributed by atoms with Crippen molar-refractivity contribution in [3.8, 4) is 0 Å². The smallest absolute Gasteiger partial charge is 0.0445 e. The second-order valence-corrected chi connectivity index (χ2v) is 5.01. The lowest BCUT2D eigenvalue weighted by molar-refractivity contribution is 0.587. The van der Waals surface area contributed by atoms with Crippen LogP contribution in [0.3, 0.4) is 0 Å². The molecule has 18 heavy (non-hydrogen) atoms. The molecule has 1 N–H and O–H groups in total. The zero-order valence-corrected chi connectivity index (χ0v) is 12.0. The molecule has 0 amide bonds. The Hall–Kier alpha value is -1.35. The molecule has 0 radical (unpaired) electrons. The van der Waals surface area contributed by atoms with Gasteiger partial charge in [-0.1, -0.05) is 26.0 Å². The molecule has 1 rings (SSSR count). The van der Waals surface area contributed by atoms with E-state index in [0.29, 0.717) is 6.04 Å². The number of hydrogen-bond donors (Lipinski definition) is 1.